The van der Waals surface area contributed by atoms with Crippen molar-refractivity contribution in [3.63, 3.8) is 0 Å². The molecule has 6 nitrogen and oxygen atoms in total. The molecule has 1 aromatic carbocycles. The number of likely N-dealkylation sites (tertiary alicyclic amines) is 1. The van der Waals surface area contributed by atoms with E-state index in [1.54, 1.807) is 6.07 Å². The molecule has 3 heterocycles. The number of aromatic nitrogens is 4. The molecule has 0 unspecified atom stereocenters. The summed E-state index contributed by atoms with van der Waals surface area (Å²) in [6, 6.07) is 6.17. The number of fused-ring (bicyclic) bond motifs is 1. The third-order valence-electron chi connectivity index (χ3n) is 4.79. The lowest BCUT2D eigenvalue weighted by Gasteiger charge is -2.22. The summed E-state index contributed by atoms with van der Waals surface area (Å²) in [4.78, 5) is 22.5. The maximum absolute atomic E-state index is 13.4. The molecule has 7 heteroatoms. The minimum absolute atomic E-state index is 0.0792. The van der Waals surface area contributed by atoms with Crippen LogP contribution >= 0.6 is 0 Å². The van der Waals surface area contributed by atoms with E-state index >= 15 is 0 Å². The van der Waals surface area contributed by atoms with Gasteiger partial charge in [0.05, 0.1) is 17.1 Å². The number of H-pyrrole nitrogens is 1. The fourth-order valence-corrected chi connectivity index (χ4v) is 3.54. The molecular formula is C18H20FN5O. The Balaban J connectivity index is 1.65. The molecule has 1 aliphatic heterocycles. The van der Waals surface area contributed by atoms with Crippen LogP contribution in [0, 0.1) is 12.7 Å². The van der Waals surface area contributed by atoms with Crippen molar-refractivity contribution < 1.29 is 9.18 Å². The van der Waals surface area contributed by atoms with Crippen molar-refractivity contribution >= 4 is 16.9 Å². The maximum Gasteiger partial charge on any atom is 0.274 e. The highest BCUT2D eigenvalue weighted by Gasteiger charge is 2.33. The van der Waals surface area contributed by atoms with Gasteiger partial charge < -0.3 is 9.88 Å². The van der Waals surface area contributed by atoms with Crippen molar-refractivity contribution in [3.05, 3.63) is 47.3 Å². The first kappa shape index (κ1) is 15.8. The Hall–Kier alpha value is -2.70. The van der Waals surface area contributed by atoms with Gasteiger partial charge in [-0.15, -0.1) is 0 Å². The monoisotopic (exact) mass is 341 g/mol. The van der Waals surface area contributed by atoms with Gasteiger partial charge in [0.2, 0.25) is 0 Å². The lowest BCUT2D eigenvalue weighted by molar-refractivity contribution is 0.0723. The van der Waals surface area contributed by atoms with E-state index in [0.717, 1.165) is 25.1 Å². The van der Waals surface area contributed by atoms with Gasteiger partial charge in [-0.2, -0.15) is 5.10 Å². The lowest BCUT2D eigenvalue weighted by Crippen LogP contribution is -2.31. The average molecular weight is 341 g/mol. The predicted octanol–water partition coefficient (Wildman–Crippen LogP) is 3.20. The molecule has 2 aromatic heterocycles. The van der Waals surface area contributed by atoms with E-state index in [2.05, 4.69) is 15.1 Å². The first-order valence-corrected chi connectivity index (χ1v) is 8.57. The Labute approximate surface area is 144 Å². The molecule has 1 saturated heterocycles. The van der Waals surface area contributed by atoms with Crippen LogP contribution in [0.15, 0.2) is 24.3 Å². The van der Waals surface area contributed by atoms with Gasteiger partial charge in [-0.3, -0.25) is 9.48 Å². The summed E-state index contributed by atoms with van der Waals surface area (Å²) < 4.78 is 15.2. The summed E-state index contributed by atoms with van der Waals surface area (Å²) in [6.45, 7) is 5.35. The Morgan fingerprint density at radius 3 is 3.00 bits per heavy atom. The molecule has 1 amide bonds. The standard InChI is InChI=1S/C18H20FN5O/c1-3-24-11(2)9-15(22-24)18(25)23-8-4-5-16(23)17-20-13-7-6-12(19)10-14(13)21-17/h6-7,9-10,16H,3-5,8H2,1-2H3,(H,20,21)/t16-/m1/s1. The van der Waals surface area contributed by atoms with Gasteiger partial charge in [-0.25, -0.2) is 9.37 Å². The topological polar surface area (TPSA) is 66.8 Å². The summed E-state index contributed by atoms with van der Waals surface area (Å²) in [5.74, 6) is 0.324. The zero-order valence-corrected chi connectivity index (χ0v) is 14.3. The summed E-state index contributed by atoms with van der Waals surface area (Å²) in [7, 11) is 0. The van der Waals surface area contributed by atoms with Gasteiger partial charge >= 0.3 is 0 Å². The number of amides is 1. The van der Waals surface area contributed by atoms with Crippen LogP contribution in [-0.2, 0) is 6.54 Å². The number of aryl methyl sites for hydroxylation is 2. The van der Waals surface area contributed by atoms with Crippen LogP contribution < -0.4 is 0 Å². The second-order valence-corrected chi connectivity index (χ2v) is 6.43. The van der Waals surface area contributed by atoms with Gasteiger partial charge in [0.25, 0.3) is 5.91 Å². The zero-order chi connectivity index (χ0) is 17.6. The summed E-state index contributed by atoms with van der Waals surface area (Å²) >= 11 is 0. The summed E-state index contributed by atoms with van der Waals surface area (Å²) in [6.07, 6.45) is 1.75. The summed E-state index contributed by atoms with van der Waals surface area (Å²) in [5, 5.41) is 4.40. The Bertz CT molecular complexity index is 944. The number of imidazole rings is 1. The van der Waals surface area contributed by atoms with Crippen molar-refractivity contribution in [3.8, 4) is 0 Å². The van der Waals surface area contributed by atoms with E-state index in [1.807, 2.05) is 29.5 Å². The fourth-order valence-electron chi connectivity index (χ4n) is 3.54. The zero-order valence-electron chi connectivity index (χ0n) is 14.3. The third kappa shape index (κ3) is 2.69. The normalized spacial score (nSPS) is 17.6. The van der Waals surface area contributed by atoms with E-state index in [-0.39, 0.29) is 17.8 Å². The first-order chi connectivity index (χ1) is 12.1. The second-order valence-electron chi connectivity index (χ2n) is 6.43. The van der Waals surface area contributed by atoms with E-state index in [4.69, 9.17) is 0 Å². The van der Waals surface area contributed by atoms with Gasteiger partial charge in [0.1, 0.15) is 11.6 Å². The molecule has 0 saturated carbocycles. The van der Waals surface area contributed by atoms with Crippen molar-refractivity contribution in [2.75, 3.05) is 6.54 Å². The molecule has 25 heavy (non-hydrogen) atoms. The number of nitrogens with one attached hydrogen (secondary N) is 1. The van der Waals surface area contributed by atoms with Gasteiger partial charge in [-0.05, 0) is 51.0 Å². The van der Waals surface area contributed by atoms with Crippen LogP contribution in [0.25, 0.3) is 11.0 Å². The highest BCUT2D eigenvalue weighted by atomic mass is 19.1. The number of rotatable bonds is 3. The molecular weight excluding hydrogens is 321 g/mol. The SMILES string of the molecule is CCn1nc(C(=O)N2CCC[C@@H]2c2nc3ccc(F)cc3[nH]2)cc1C. The quantitative estimate of drug-likeness (QED) is 0.795. The van der Waals surface area contributed by atoms with Crippen molar-refractivity contribution in [1.82, 2.24) is 24.6 Å². The van der Waals surface area contributed by atoms with E-state index in [0.29, 0.717) is 29.1 Å². The number of benzene rings is 1. The Morgan fingerprint density at radius 1 is 1.40 bits per heavy atom. The minimum atomic E-state index is -0.303. The van der Waals surface area contributed by atoms with Crippen molar-refractivity contribution in [1.29, 1.82) is 0 Å². The summed E-state index contributed by atoms with van der Waals surface area (Å²) in [5.41, 5.74) is 2.80. The fraction of sp³-hybridized carbons (Fsp3) is 0.389. The maximum atomic E-state index is 13.4. The van der Waals surface area contributed by atoms with Crippen LogP contribution in [0.2, 0.25) is 0 Å². The molecule has 0 radical (unpaired) electrons. The van der Waals surface area contributed by atoms with E-state index in [1.165, 1.54) is 12.1 Å². The molecule has 1 fully saturated rings. The minimum Gasteiger partial charge on any atom is -0.340 e. The predicted molar refractivity (Wildman–Crippen MR) is 91.7 cm³/mol. The number of carbonyl (C=O) groups excluding carboxylic acids is 1. The van der Waals surface area contributed by atoms with E-state index < -0.39 is 0 Å². The molecule has 3 aromatic rings. The molecule has 1 atom stereocenters. The van der Waals surface area contributed by atoms with Crippen LogP contribution in [0.5, 0.6) is 0 Å². The average Bonchev–Trinajstić information content (AvgIpc) is 3.30. The van der Waals surface area contributed by atoms with Crippen LogP contribution in [0.4, 0.5) is 4.39 Å². The molecule has 0 spiro atoms. The number of nitrogens with zero attached hydrogens (tertiary/aromatic N) is 4. The van der Waals surface area contributed by atoms with Gasteiger partial charge in [0.15, 0.2) is 5.69 Å². The van der Waals surface area contributed by atoms with Crippen LogP contribution in [0.3, 0.4) is 0 Å². The van der Waals surface area contributed by atoms with E-state index in [9.17, 15) is 9.18 Å². The molecule has 1 N–H and O–H groups in total. The van der Waals surface area contributed by atoms with Gasteiger partial charge in [0, 0.05) is 18.8 Å². The third-order valence-corrected chi connectivity index (χ3v) is 4.79. The molecule has 130 valence electrons. The lowest BCUT2D eigenvalue weighted by atomic mass is 10.2. The molecule has 1 aliphatic rings. The largest absolute Gasteiger partial charge is 0.340 e. The Kier molecular flexibility index (Phi) is 3.78. The van der Waals surface area contributed by atoms with Gasteiger partial charge in [-0.1, -0.05) is 0 Å². The number of carbonyl (C=O) groups is 1. The first-order valence-electron chi connectivity index (χ1n) is 8.57. The second kappa shape index (κ2) is 5.98. The number of aromatic amines is 1. The number of hydrogen-bond acceptors (Lipinski definition) is 3. The number of halogens is 1. The highest BCUT2D eigenvalue weighted by molar-refractivity contribution is 5.93. The van der Waals surface area contributed by atoms with Crippen LogP contribution in [-0.4, -0.2) is 37.1 Å². The number of hydrogen-bond donors (Lipinski definition) is 1. The smallest absolute Gasteiger partial charge is 0.274 e. The van der Waals surface area contributed by atoms with Crippen molar-refractivity contribution in [2.45, 2.75) is 39.3 Å². The molecule has 0 aliphatic carbocycles. The van der Waals surface area contributed by atoms with Crippen LogP contribution in [0.1, 0.15) is 47.8 Å². The highest BCUT2D eigenvalue weighted by Crippen LogP contribution is 2.32. The van der Waals surface area contributed by atoms with Crippen molar-refractivity contribution in [2.24, 2.45) is 0 Å². The molecule has 0 bridgehead atoms. The molecule has 4 rings (SSSR count). The Morgan fingerprint density at radius 2 is 2.24 bits per heavy atom.